The second kappa shape index (κ2) is 4.18. The molecule has 1 heterocycles. The van der Waals surface area contributed by atoms with Gasteiger partial charge < -0.3 is 9.72 Å². The fourth-order valence-corrected chi connectivity index (χ4v) is 1.47. The van der Waals surface area contributed by atoms with Crippen LogP contribution in [0.5, 0.6) is 0 Å². The van der Waals surface area contributed by atoms with Gasteiger partial charge in [0.1, 0.15) is 11.5 Å². The lowest BCUT2D eigenvalue weighted by Crippen LogP contribution is -2.00. The highest BCUT2D eigenvalue weighted by molar-refractivity contribution is 5.89. The van der Waals surface area contributed by atoms with Crippen molar-refractivity contribution in [1.82, 2.24) is 4.98 Å². The van der Waals surface area contributed by atoms with E-state index in [1.54, 1.807) is 30.5 Å². The summed E-state index contributed by atoms with van der Waals surface area (Å²) in [5.74, 6) is -0.791. The third-order valence-corrected chi connectivity index (χ3v) is 2.27. The van der Waals surface area contributed by atoms with Crippen molar-refractivity contribution in [1.29, 1.82) is 0 Å². The van der Waals surface area contributed by atoms with Crippen molar-refractivity contribution in [2.75, 3.05) is 7.11 Å². The molecule has 0 unspecified atom stereocenters. The van der Waals surface area contributed by atoms with Crippen LogP contribution in [0.1, 0.15) is 10.5 Å². The third kappa shape index (κ3) is 1.82. The number of ether oxygens (including phenoxy) is 1. The molecule has 1 N–H and O–H groups in total. The Labute approximate surface area is 91.9 Å². The minimum Gasteiger partial charge on any atom is -0.464 e. The molecule has 0 fully saturated rings. The Morgan fingerprint density at radius 3 is 2.81 bits per heavy atom. The van der Waals surface area contributed by atoms with Crippen LogP contribution in [0.15, 0.2) is 36.5 Å². The van der Waals surface area contributed by atoms with Gasteiger partial charge in [0.05, 0.1) is 7.11 Å². The van der Waals surface area contributed by atoms with Gasteiger partial charge in [-0.05, 0) is 12.1 Å². The lowest BCUT2D eigenvalue weighted by molar-refractivity contribution is 0.0595. The predicted molar refractivity (Wildman–Crippen MR) is 57.5 cm³/mol. The van der Waals surface area contributed by atoms with Gasteiger partial charge in [-0.1, -0.05) is 18.2 Å². The van der Waals surface area contributed by atoms with Gasteiger partial charge in [-0.15, -0.1) is 0 Å². The van der Waals surface area contributed by atoms with Crippen LogP contribution in [-0.4, -0.2) is 18.1 Å². The topological polar surface area (TPSA) is 42.1 Å². The molecule has 0 aliphatic heterocycles. The molecule has 0 atom stereocenters. The molecule has 3 nitrogen and oxygen atoms in total. The van der Waals surface area contributed by atoms with Crippen LogP contribution in [0.2, 0.25) is 0 Å². The van der Waals surface area contributed by atoms with Gasteiger partial charge in [0.25, 0.3) is 0 Å². The number of rotatable bonds is 2. The minimum absolute atomic E-state index is 0.306. The number of hydrogen-bond donors (Lipinski definition) is 1. The summed E-state index contributed by atoms with van der Waals surface area (Å²) in [6.45, 7) is 0. The molecule has 0 bridgehead atoms. The number of H-pyrrole nitrogens is 1. The number of halogens is 1. The largest absolute Gasteiger partial charge is 0.464 e. The average molecular weight is 219 g/mol. The van der Waals surface area contributed by atoms with E-state index in [4.69, 9.17) is 0 Å². The van der Waals surface area contributed by atoms with Gasteiger partial charge in [0.2, 0.25) is 0 Å². The van der Waals surface area contributed by atoms with Crippen molar-refractivity contribution in [3.63, 3.8) is 0 Å². The molecule has 1 aromatic carbocycles. The van der Waals surface area contributed by atoms with Crippen molar-refractivity contribution >= 4 is 5.97 Å². The van der Waals surface area contributed by atoms with Crippen molar-refractivity contribution in [2.24, 2.45) is 0 Å². The summed E-state index contributed by atoms with van der Waals surface area (Å²) >= 11 is 0. The van der Waals surface area contributed by atoms with Gasteiger partial charge in [0.15, 0.2) is 0 Å². The summed E-state index contributed by atoms with van der Waals surface area (Å²) in [6, 6.07) is 7.94. The molecule has 0 saturated heterocycles. The van der Waals surface area contributed by atoms with E-state index in [2.05, 4.69) is 9.72 Å². The van der Waals surface area contributed by atoms with Crippen molar-refractivity contribution in [3.05, 3.63) is 48.0 Å². The fraction of sp³-hybridized carbons (Fsp3) is 0.0833. The third-order valence-electron chi connectivity index (χ3n) is 2.27. The smallest absolute Gasteiger partial charge is 0.354 e. The van der Waals surface area contributed by atoms with Crippen molar-refractivity contribution in [3.8, 4) is 11.1 Å². The lowest BCUT2D eigenvalue weighted by Gasteiger charge is -1.98. The zero-order chi connectivity index (χ0) is 11.5. The highest BCUT2D eigenvalue weighted by atomic mass is 19.1. The van der Waals surface area contributed by atoms with Crippen LogP contribution in [0, 0.1) is 5.82 Å². The van der Waals surface area contributed by atoms with Gasteiger partial charge >= 0.3 is 5.97 Å². The fourth-order valence-electron chi connectivity index (χ4n) is 1.47. The number of methoxy groups -OCH3 is 1. The summed E-state index contributed by atoms with van der Waals surface area (Å²) in [7, 11) is 1.30. The summed E-state index contributed by atoms with van der Waals surface area (Å²) in [4.78, 5) is 13.9. The zero-order valence-electron chi connectivity index (χ0n) is 8.66. The Balaban J connectivity index is 2.39. The number of nitrogens with one attached hydrogen (secondary N) is 1. The molecule has 1 aromatic heterocycles. The molecular weight excluding hydrogens is 209 g/mol. The van der Waals surface area contributed by atoms with E-state index in [0.717, 1.165) is 0 Å². The monoisotopic (exact) mass is 219 g/mol. The Morgan fingerprint density at radius 2 is 2.12 bits per heavy atom. The maximum absolute atomic E-state index is 13.4. The number of carbonyl (C=O) groups excluding carboxylic acids is 1. The molecule has 2 aromatic rings. The molecule has 2 rings (SSSR count). The highest BCUT2D eigenvalue weighted by Crippen LogP contribution is 2.23. The Morgan fingerprint density at radius 1 is 1.38 bits per heavy atom. The molecule has 0 spiro atoms. The van der Waals surface area contributed by atoms with E-state index in [9.17, 15) is 9.18 Å². The molecule has 0 amide bonds. The summed E-state index contributed by atoms with van der Waals surface area (Å²) in [5.41, 5.74) is 1.38. The summed E-state index contributed by atoms with van der Waals surface area (Å²) in [5, 5.41) is 0. The number of aromatic nitrogens is 1. The second-order valence-electron chi connectivity index (χ2n) is 3.27. The van der Waals surface area contributed by atoms with E-state index in [-0.39, 0.29) is 5.82 Å². The zero-order valence-corrected chi connectivity index (χ0v) is 8.66. The normalized spacial score (nSPS) is 10.1. The highest BCUT2D eigenvalue weighted by Gasteiger charge is 2.11. The Kier molecular flexibility index (Phi) is 2.72. The molecule has 16 heavy (non-hydrogen) atoms. The van der Waals surface area contributed by atoms with Crippen LogP contribution in [-0.2, 0) is 4.74 Å². The van der Waals surface area contributed by atoms with E-state index in [1.807, 2.05) is 0 Å². The number of hydrogen-bond acceptors (Lipinski definition) is 2. The van der Waals surface area contributed by atoms with Gasteiger partial charge in [-0.3, -0.25) is 0 Å². The van der Waals surface area contributed by atoms with E-state index < -0.39 is 5.97 Å². The Bertz CT molecular complexity index is 519. The van der Waals surface area contributed by atoms with Gasteiger partial charge in [-0.2, -0.15) is 0 Å². The number of esters is 1. The maximum Gasteiger partial charge on any atom is 0.354 e. The molecular formula is C12H10FNO2. The van der Waals surface area contributed by atoms with E-state index >= 15 is 0 Å². The molecule has 0 aliphatic rings. The first kappa shape index (κ1) is 10.4. The molecule has 0 radical (unpaired) electrons. The predicted octanol–water partition coefficient (Wildman–Crippen LogP) is 2.61. The summed E-state index contributed by atoms with van der Waals surface area (Å²) in [6.07, 6.45) is 1.57. The quantitative estimate of drug-likeness (QED) is 0.789. The molecule has 82 valence electrons. The first-order chi connectivity index (χ1) is 7.72. The van der Waals surface area contributed by atoms with Crippen LogP contribution in [0.25, 0.3) is 11.1 Å². The number of aromatic amines is 1. The molecule has 4 heteroatoms. The average Bonchev–Trinajstić information content (AvgIpc) is 2.78. The van der Waals surface area contributed by atoms with Gasteiger partial charge in [-0.25, -0.2) is 9.18 Å². The van der Waals surface area contributed by atoms with Crippen molar-refractivity contribution < 1.29 is 13.9 Å². The minimum atomic E-state index is -0.470. The maximum atomic E-state index is 13.4. The lowest BCUT2D eigenvalue weighted by atomic mass is 10.1. The molecule has 0 saturated carbocycles. The van der Waals surface area contributed by atoms with Crippen LogP contribution >= 0.6 is 0 Å². The number of benzene rings is 1. The first-order valence-electron chi connectivity index (χ1n) is 4.74. The van der Waals surface area contributed by atoms with Crippen LogP contribution in [0.3, 0.4) is 0 Å². The first-order valence-corrected chi connectivity index (χ1v) is 4.74. The van der Waals surface area contributed by atoms with E-state index in [1.165, 1.54) is 13.2 Å². The standard InChI is InChI=1S/C12H10FNO2/c1-16-12(15)11-6-8(7-14-11)9-4-2-3-5-10(9)13/h2-7,14H,1H3. The molecule has 0 aliphatic carbocycles. The number of carbonyl (C=O) groups is 1. The van der Waals surface area contributed by atoms with Gasteiger partial charge in [0, 0.05) is 17.3 Å². The van der Waals surface area contributed by atoms with Crippen molar-refractivity contribution in [2.45, 2.75) is 0 Å². The second-order valence-corrected chi connectivity index (χ2v) is 3.27. The van der Waals surface area contributed by atoms with Crippen LogP contribution < -0.4 is 0 Å². The Hall–Kier alpha value is -2.10. The summed E-state index contributed by atoms with van der Waals surface area (Å²) < 4.78 is 18.0. The van der Waals surface area contributed by atoms with E-state index in [0.29, 0.717) is 16.8 Å². The van der Waals surface area contributed by atoms with Crippen LogP contribution in [0.4, 0.5) is 4.39 Å². The SMILES string of the molecule is COC(=O)c1cc(-c2ccccc2F)c[nH]1.